The molecule has 25 heavy (non-hydrogen) atoms. The molecule has 0 aliphatic heterocycles. The van der Waals surface area contributed by atoms with Gasteiger partial charge in [0.1, 0.15) is 0 Å². The van der Waals surface area contributed by atoms with Crippen LogP contribution in [0, 0.1) is 21.8 Å². The van der Waals surface area contributed by atoms with E-state index in [9.17, 15) is 10.1 Å². The molecule has 1 N–H and O–H groups in total. The fourth-order valence-corrected chi connectivity index (χ4v) is 2.58. The first-order chi connectivity index (χ1) is 12.0. The first kappa shape index (κ1) is 17.0. The fourth-order valence-electron chi connectivity index (χ4n) is 2.23. The Balaban J connectivity index is 2.03. The van der Waals surface area contributed by atoms with Gasteiger partial charge in [-0.2, -0.15) is 14.9 Å². The maximum Gasteiger partial charge on any atom is 0.270 e. The molecule has 3 rings (SSSR count). The number of nitrogens with zero attached hydrogens (tertiary/aromatic N) is 4. The van der Waals surface area contributed by atoms with Gasteiger partial charge in [-0.05, 0) is 31.3 Å². The first-order valence-corrected chi connectivity index (χ1v) is 7.97. The smallest absolute Gasteiger partial charge is 0.258 e. The van der Waals surface area contributed by atoms with Crippen molar-refractivity contribution in [1.29, 1.82) is 0 Å². The van der Waals surface area contributed by atoms with Gasteiger partial charge >= 0.3 is 0 Å². The molecule has 1 heterocycles. The molecule has 0 amide bonds. The number of nitro groups is 1. The van der Waals surface area contributed by atoms with E-state index in [1.807, 2.05) is 31.2 Å². The summed E-state index contributed by atoms with van der Waals surface area (Å²) in [6.07, 6.45) is 1.42. The number of hydrogen-bond donors (Lipinski definition) is 1. The number of non-ortho nitro benzene ring substituents is 1. The minimum absolute atomic E-state index is 0.0689. The van der Waals surface area contributed by atoms with Gasteiger partial charge in [0.15, 0.2) is 5.82 Å². The van der Waals surface area contributed by atoms with Crippen LogP contribution in [0.4, 0.5) is 5.69 Å². The van der Waals surface area contributed by atoms with Gasteiger partial charge in [-0.3, -0.25) is 10.1 Å². The molecule has 0 aliphatic carbocycles. The number of nitrogens with one attached hydrogen (secondary N) is 1. The molecule has 0 saturated heterocycles. The van der Waals surface area contributed by atoms with Crippen LogP contribution in [-0.4, -0.2) is 26.0 Å². The normalized spacial score (nSPS) is 11.1. The molecule has 0 bridgehead atoms. The zero-order valence-electron chi connectivity index (χ0n) is 13.0. The minimum Gasteiger partial charge on any atom is -0.258 e. The summed E-state index contributed by atoms with van der Waals surface area (Å²) >= 11 is 11.3. The molecule has 2 aromatic carbocycles. The van der Waals surface area contributed by atoms with Crippen molar-refractivity contribution in [2.75, 3.05) is 0 Å². The number of benzene rings is 2. The van der Waals surface area contributed by atoms with Gasteiger partial charge in [0, 0.05) is 28.3 Å². The molecular formula is C16H12ClN5O2S. The second-order valence-corrected chi connectivity index (χ2v) is 6.04. The van der Waals surface area contributed by atoms with Crippen LogP contribution in [0.15, 0.2) is 47.6 Å². The lowest BCUT2D eigenvalue weighted by molar-refractivity contribution is -0.384. The third-order valence-corrected chi connectivity index (χ3v) is 4.04. The number of nitro benzene ring substituents is 1. The van der Waals surface area contributed by atoms with Gasteiger partial charge in [-0.15, -0.1) is 0 Å². The van der Waals surface area contributed by atoms with Gasteiger partial charge in [0.05, 0.1) is 11.1 Å². The summed E-state index contributed by atoms with van der Waals surface area (Å²) in [5.41, 5.74) is 2.26. The second kappa shape index (κ2) is 6.96. The standard InChI is InChI=1S/C16H12ClN5O2S/c1-10-3-2-4-11(7-10)15-19-20-16(25)21(15)18-9-12-8-13(22(23)24)5-6-14(12)17/h2-9H,1H3,(H,20,25)/b18-9-. The highest BCUT2D eigenvalue weighted by molar-refractivity contribution is 7.71. The summed E-state index contributed by atoms with van der Waals surface area (Å²) in [7, 11) is 0. The van der Waals surface area contributed by atoms with Gasteiger partial charge in [-0.1, -0.05) is 35.4 Å². The predicted octanol–water partition coefficient (Wildman–Crippen LogP) is 4.36. The zero-order valence-corrected chi connectivity index (χ0v) is 14.6. The number of aromatic nitrogens is 3. The van der Waals surface area contributed by atoms with Crippen LogP contribution in [0.3, 0.4) is 0 Å². The topological polar surface area (TPSA) is 89.1 Å². The van der Waals surface area contributed by atoms with Crippen molar-refractivity contribution in [2.45, 2.75) is 6.92 Å². The van der Waals surface area contributed by atoms with Gasteiger partial charge in [-0.25, -0.2) is 5.10 Å². The first-order valence-electron chi connectivity index (χ1n) is 7.18. The molecule has 0 aliphatic rings. The van der Waals surface area contributed by atoms with E-state index < -0.39 is 4.92 Å². The van der Waals surface area contributed by atoms with Crippen molar-refractivity contribution in [3.63, 3.8) is 0 Å². The second-order valence-electron chi connectivity index (χ2n) is 5.24. The molecule has 0 fully saturated rings. The summed E-state index contributed by atoms with van der Waals surface area (Å²) in [6.45, 7) is 1.97. The maximum absolute atomic E-state index is 10.9. The van der Waals surface area contributed by atoms with E-state index >= 15 is 0 Å². The summed E-state index contributed by atoms with van der Waals surface area (Å²) < 4.78 is 1.74. The third kappa shape index (κ3) is 3.65. The third-order valence-electron chi connectivity index (χ3n) is 3.43. The highest BCUT2D eigenvalue weighted by atomic mass is 35.5. The van der Waals surface area contributed by atoms with Crippen LogP contribution in [0.5, 0.6) is 0 Å². The summed E-state index contributed by atoms with van der Waals surface area (Å²) in [5, 5.41) is 22.4. The van der Waals surface area contributed by atoms with Crippen molar-refractivity contribution in [2.24, 2.45) is 5.10 Å². The van der Waals surface area contributed by atoms with Gasteiger partial charge in [0.25, 0.3) is 5.69 Å². The van der Waals surface area contributed by atoms with Crippen LogP contribution in [0.2, 0.25) is 5.02 Å². The van der Waals surface area contributed by atoms with Crippen molar-refractivity contribution in [3.05, 3.63) is 73.5 Å². The average Bonchev–Trinajstić information content (AvgIpc) is 2.94. The maximum atomic E-state index is 10.9. The Morgan fingerprint density at radius 2 is 2.16 bits per heavy atom. The van der Waals surface area contributed by atoms with Crippen LogP contribution < -0.4 is 0 Å². The van der Waals surface area contributed by atoms with Crippen molar-refractivity contribution >= 4 is 35.7 Å². The van der Waals surface area contributed by atoms with Crippen LogP contribution in [0.25, 0.3) is 11.4 Å². The molecule has 0 saturated carbocycles. The number of H-pyrrole nitrogens is 1. The average molecular weight is 374 g/mol. The monoisotopic (exact) mass is 373 g/mol. The summed E-state index contributed by atoms with van der Waals surface area (Å²) in [4.78, 5) is 10.4. The molecule has 0 radical (unpaired) electrons. The Bertz CT molecular complexity index is 1040. The predicted molar refractivity (Wildman–Crippen MR) is 98.7 cm³/mol. The molecule has 0 atom stereocenters. The molecule has 3 aromatic rings. The quantitative estimate of drug-likeness (QED) is 0.318. The molecule has 0 unspecified atom stereocenters. The number of aryl methyl sites for hydroxylation is 1. The van der Waals surface area contributed by atoms with E-state index in [0.29, 0.717) is 21.2 Å². The van der Waals surface area contributed by atoms with E-state index in [4.69, 9.17) is 23.8 Å². The summed E-state index contributed by atoms with van der Waals surface area (Å²) in [6, 6.07) is 11.9. The van der Waals surface area contributed by atoms with Crippen LogP contribution >= 0.6 is 23.8 Å². The van der Waals surface area contributed by atoms with Gasteiger partial charge < -0.3 is 0 Å². The fraction of sp³-hybridized carbons (Fsp3) is 0.0625. The SMILES string of the molecule is Cc1cccc(-c2n[nH]c(=S)n2/N=C\c2cc([N+](=O)[O-])ccc2Cl)c1. The molecule has 1 aromatic heterocycles. The molecule has 9 heteroatoms. The molecule has 7 nitrogen and oxygen atoms in total. The number of aromatic amines is 1. The molecular weight excluding hydrogens is 362 g/mol. The number of halogens is 1. The van der Waals surface area contributed by atoms with E-state index in [1.165, 1.54) is 29.1 Å². The zero-order chi connectivity index (χ0) is 18.0. The van der Waals surface area contributed by atoms with E-state index in [1.54, 1.807) is 0 Å². The van der Waals surface area contributed by atoms with Gasteiger partial charge in [0.2, 0.25) is 4.77 Å². The number of hydrogen-bond acceptors (Lipinski definition) is 5. The molecule has 0 spiro atoms. The summed E-state index contributed by atoms with van der Waals surface area (Å²) in [5.74, 6) is 0.534. The number of rotatable bonds is 4. The van der Waals surface area contributed by atoms with Crippen LogP contribution in [-0.2, 0) is 0 Å². The minimum atomic E-state index is -0.491. The van der Waals surface area contributed by atoms with Crippen molar-refractivity contribution in [3.8, 4) is 11.4 Å². The Kier molecular flexibility index (Phi) is 4.73. The van der Waals surface area contributed by atoms with E-state index in [-0.39, 0.29) is 5.69 Å². The Hall–Kier alpha value is -2.84. The Labute approximate surface area is 152 Å². The molecule has 126 valence electrons. The van der Waals surface area contributed by atoms with E-state index in [2.05, 4.69) is 15.3 Å². The van der Waals surface area contributed by atoms with Crippen molar-refractivity contribution < 1.29 is 4.92 Å². The largest absolute Gasteiger partial charge is 0.270 e. The lowest BCUT2D eigenvalue weighted by Crippen LogP contribution is -1.96. The lowest BCUT2D eigenvalue weighted by atomic mass is 10.1. The Morgan fingerprint density at radius 3 is 2.88 bits per heavy atom. The lowest BCUT2D eigenvalue weighted by Gasteiger charge is -2.02. The highest BCUT2D eigenvalue weighted by Gasteiger charge is 2.10. The van der Waals surface area contributed by atoms with E-state index in [0.717, 1.165) is 11.1 Å². The Morgan fingerprint density at radius 1 is 1.36 bits per heavy atom. The van der Waals surface area contributed by atoms with Crippen molar-refractivity contribution in [1.82, 2.24) is 14.9 Å². The highest BCUT2D eigenvalue weighted by Crippen LogP contribution is 2.22. The van der Waals surface area contributed by atoms with Crippen LogP contribution in [0.1, 0.15) is 11.1 Å².